The number of halogens is 3. The molecule has 0 saturated heterocycles. The number of hydrogen-bond acceptors (Lipinski definition) is 8. The van der Waals surface area contributed by atoms with Gasteiger partial charge in [-0.1, -0.05) is 11.8 Å². The van der Waals surface area contributed by atoms with Gasteiger partial charge in [-0.3, -0.25) is 0 Å². The van der Waals surface area contributed by atoms with Crippen LogP contribution in [0.5, 0.6) is 17.4 Å². The Hall–Kier alpha value is -3.46. The molecule has 0 amide bonds. The lowest BCUT2D eigenvalue weighted by Gasteiger charge is -2.32. The van der Waals surface area contributed by atoms with Crippen molar-refractivity contribution in [3.05, 3.63) is 47.2 Å². The van der Waals surface area contributed by atoms with Crippen LogP contribution in [-0.4, -0.2) is 31.5 Å². The van der Waals surface area contributed by atoms with Crippen molar-refractivity contribution >= 4 is 16.1 Å². The Balaban J connectivity index is 1.85. The summed E-state index contributed by atoms with van der Waals surface area (Å²) in [5, 5.41) is 0. The van der Waals surface area contributed by atoms with Crippen molar-refractivity contribution in [2.24, 2.45) is 16.1 Å². The third kappa shape index (κ3) is 4.16. The van der Waals surface area contributed by atoms with Gasteiger partial charge in [0.15, 0.2) is 5.54 Å². The summed E-state index contributed by atoms with van der Waals surface area (Å²) in [7, 11) is -5.87. The highest BCUT2D eigenvalue weighted by atomic mass is 32.2. The molecule has 12 heteroatoms. The fraction of sp³-hybridized carbons (Fsp3) is 0.333. The number of hydrogen-bond donors (Lipinski definition) is 1. The summed E-state index contributed by atoms with van der Waals surface area (Å²) in [5.74, 6) is 5.89. The van der Waals surface area contributed by atoms with Crippen molar-refractivity contribution in [2.45, 2.75) is 31.8 Å². The predicted molar refractivity (Wildman–Crippen MR) is 111 cm³/mol. The molecule has 8 nitrogen and oxygen atoms in total. The fourth-order valence-corrected chi connectivity index (χ4v) is 3.71. The standard InChI is InChI=1S/C21H18F3N3O5S/c1-19(2,3)7-6-12-8-15-17(26-10-12)31-16-5-4-13(32-33(28,29)21(22,23)24)9-14(16)20(15)11-30-18(25)27-20/h4-5,8-10H,11H2,1-3H3,(H2,25,27). The first-order chi connectivity index (χ1) is 15.2. The quantitative estimate of drug-likeness (QED) is 0.397. The number of amidine groups is 1. The van der Waals surface area contributed by atoms with E-state index in [1.54, 1.807) is 6.07 Å². The van der Waals surface area contributed by atoms with Crippen molar-refractivity contribution in [3.63, 3.8) is 0 Å². The third-order valence-corrected chi connectivity index (χ3v) is 5.68. The first-order valence-electron chi connectivity index (χ1n) is 9.55. The van der Waals surface area contributed by atoms with E-state index in [0.29, 0.717) is 11.1 Å². The molecule has 2 aromatic rings. The van der Waals surface area contributed by atoms with Crippen molar-refractivity contribution in [1.29, 1.82) is 0 Å². The van der Waals surface area contributed by atoms with Crippen LogP contribution < -0.4 is 14.7 Å². The molecule has 0 fully saturated rings. The van der Waals surface area contributed by atoms with E-state index in [2.05, 4.69) is 26.0 Å². The SMILES string of the molecule is CC(C)(C)C#Cc1cnc2c(c1)C1(COC(N)=N1)c1cc(OS(=O)(=O)C(F)(F)F)ccc1O2. The second kappa shape index (κ2) is 7.28. The van der Waals surface area contributed by atoms with Gasteiger partial charge < -0.3 is 19.4 Å². The molecular formula is C21H18F3N3O5S. The van der Waals surface area contributed by atoms with Crippen LogP contribution >= 0.6 is 0 Å². The maximum absolute atomic E-state index is 12.8. The molecule has 3 heterocycles. The predicted octanol–water partition coefficient (Wildman–Crippen LogP) is 3.40. The summed E-state index contributed by atoms with van der Waals surface area (Å²) in [6.45, 7) is 5.71. The number of rotatable bonds is 2. The Morgan fingerprint density at radius 1 is 1.18 bits per heavy atom. The largest absolute Gasteiger partial charge is 0.534 e. The second-order valence-corrected chi connectivity index (χ2v) is 9.96. The zero-order chi connectivity index (χ0) is 24.2. The molecule has 2 N–H and O–H groups in total. The Labute approximate surface area is 187 Å². The van der Waals surface area contributed by atoms with E-state index in [9.17, 15) is 21.6 Å². The fourth-order valence-electron chi connectivity index (χ4n) is 3.26. The van der Waals surface area contributed by atoms with Gasteiger partial charge >= 0.3 is 15.6 Å². The average molecular weight is 481 g/mol. The third-order valence-electron chi connectivity index (χ3n) is 4.70. The minimum Gasteiger partial charge on any atom is -0.462 e. The Morgan fingerprint density at radius 2 is 1.91 bits per heavy atom. The summed E-state index contributed by atoms with van der Waals surface area (Å²) in [4.78, 5) is 8.69. The maximum atomic E-state index is 12.8. The lowest BCUT2D eigenvalue weighted by atomic mass is 9.82. The van der Waals surface area contributed by atoms with E-state index >= 15 is 0 Å². The molecule has 33 heavy (non-hydrogen) atoms. The van der Waals surface area contributed by atoms with Crippen molar-refractivity contribution in [2.75, 3.05) is 6.61 Å². The number of alkyl halides is 3. The van der Waals surface area contributed by atoms with E-state index in [-0.39, 0.29) is 35.2 Å². The topological polar surface area (TPSA) is 113 Å². The van der Waals surface area contributed by atoms with Crippen LogP contribution in [0.25, 0.3) is 0 Å². The number of fused-ring (bicyclic) bond motifs is 4. The van der Waals surface area contributed by atoms with Crippen molar-refractivity contribution < 1.29 is 35.2 Å². The summed E-state index contributed by atoms with van der Waals surface area (Å²) in [5.41, 5.74) is -0.285. The molecule has 1 atom stereocenters. The van der Waals surface area contributed by atoms with Crippen LogP contribution in [0.15, 0.2) is 35.5 Å². The minimum absolute atomic E-state index is 0.116. The monoisotopic (exact) mass is 481 g/mol. The second-order valence-electron chi connectivity index (χ2n) is 8.42. The number of nitrogens with zero attached hydrogens (tertiary/aromatic N) is 2. The molecule has 0 aliphatic carbocycles. The van der Waals surface area contributed by atoms with Crippen molar-refractivity contribution in [3.8, 4) is 29.2 Å². The molecule has 1 aromatic heterocycles. The summed E-state index contributed by atoms with van der Waals surface area (Å²) < 4.78 is 76.8. The molecule has 0 saturated carbocycles. The van der Waals surface area contributed by atoms with E-state index in [4.69, 9.17) is 15.2 Å². The lowest BCUT2D eigenvalue weighted by Crippen LogP contribution is -2.32. The van der Waals surface area contributed by atoms with Gasteiger partial charge in [-0.15, -0.1) is 0 Å². The van der Waals surface area contributed by atoms with Gasteiger partial charge in [0.05, 0.1) is 5.56 Å². The van der Waals surface area contributed by atoms with E-state index in [1.807, 2.05) is 20.8 Å². The summed E-state index contributed by atoms with van der Waals surface area (Å²) >= 11 is 0. The maximum Gasteiger partial charge on any atom is 0.534 e. The van der Waals surface area contributed by atoms with Crippen molar-refractivity contribution in [1.82, 2.24) is 4.98 Å². The molecule has 2 aliphatic heterocycles. The van der Waals surface area contributed by atoms with Gasteiger partial charge in [0.2, 0.25) is 5.88 Å². The van der Waals surface area contributed by atoms with Gasteiger partial charge in [0.1, 0.15) is 18.1 Å². The van der Waals surface area contributed by atoms with E-state index in [0.717, 1.165) is 12.1 Å². The number of ether oxygens (including phenoxy) is 2. The van der Waals surface area contributed by atoms with Crippen LogP contribution in [0.3, 0.4) is 0 Å². The Morgan fingerprint density at radius 3 is 2.52 bits per heavy atom. The zero-order valence-corrected chi connectivity index (χ0v) is 18.5. The first-order valence-corrected chi connectivity index (χ1v) is 11.0. The number of pyridine rings is 1. The average Bonchev–Trinajstić information content (AvgIpc) is 3.08. The van der Waals surface area contributed by atoms with Crippen LogP contribution in [0.4, 0.5) is 13.2 Å². The minimum atomic E-state index is -5.87. The number of benzene rings is 1. The highest BCUT2D eigenvalue weighted by Gasteiger charge is 2.50. The van der Waals surface area contributed by atoms with Gasteiger partial charge in [0.25, 0.3) is 6.02 Å². The first kappa shape index (κ1) is 22.7. The van der Waals surface area contributed by atoms with Gasteiger partial charge in [-0.25, -0.2) is 9.98 Å². The normalized spacial score (nSPS) is 19.4. The van der Waals surface area contributed by atoms with Crippen LogP contribution in [-0.2, 0) is 20.4 Å². The van der Waals surface area contributed by atoms with Crippen LogP contribution in [0, 0.1) is 17.3 Å². The zero-order valence-electron chi connectivity index (χ0n) is 17.6. The molecule has 0 radical (unpaired) electrons. The lowest BCUT2D eigenvalue weighted by molar-refractivity contribution is -0.0500. The van der Waals surface area contributed by atoms with Gasteiger partial charge in [0, 0.05) is 22.7 Å². The molecule has 1 spiro atoms. The molecule has 174 valence electrons. The Kier molecular flexibility index (Phi) is 5.01. The molecule has 4 rings (SSSR count). The van der Waals surface area contributed by atoms with Gasteiger partial charge in [-0.05, 0) is 45.0 Å². The number of aliphatic imine (C=N–C) groups is 1. The van der Waals surface area contributed by atoms with Crippen LogP contribution in [0.1, 0.15) is 37.5 Å². The molecule has 1 unspecified atom stereocenters. The van der Waals surface area contributed by atoms with E-state index < -0.39 is 26.9 Å². The molecule has 2 aliphatic rings. The molecule has 0 bridgehead atoms. The van der Waals surface area contributed by atoms with E-state index in [1.165, 1.54) is 12.3 Å². The summed E-state index contributed by atoms with van der Waals surface area (Å²) in [6, 6.07) is 4.91. The number of nitrogens with two attached hydrogens (primary N) is 1. The number of aromatic nitrogens is 1. The highest BCUT2D eigenvalue weighted by Crippen LogP contribution is 2.51. The summed E-state index contributed by atoms with van der Waals surface area (Å²) in [6.07, 6.45) is 1.52. The van der Waals surface area contributed by atoms with Crippen LogP contribution in [0.2, 0.25) is 0 Å². The van der Waals surface area contributed by atoms with Gasteiger partial charge in [-0.2, -0.15) is 21.6 Å². The Bertz CT molecular complexity index is 1340. The smallest absolute Gasteiger partial charge is 0.462 e. The molecular weight excluding hydrogens is 463 g/mol. The molecule has 1 aromatic carbocycles. The highest BCUT2D eigenvalue weighted by molar-refractivity contribution is 7.88.